The standard InChI is InChI=1S/C25H33FN2O3/c1-18-8-14-22(15-9-18)31-16-6-7-23(29)28(17-20-10-12-21(26)13-11-20)19(2)24(30)27-25(3,4)5/h8-15,19H,6-7,16-17H2,1-5H3,(H,27,30)/t19-/m1/s1. The zero-order valence-electron chi connectivity index (χ0n) is 19.1. The highest BCUT2D eigenvalue weighted by molar-refractivity contribution is 5.87. The first-order valence-corrected chi connectivity index (χ1v) is 10.6. The monoisotopic (exact) mass is 428 g/mol. The largest absolute Gasteiger partial charge is 0.494 e. The lowest BCUT2D eigenvalue weighted by Crippen LogP contribution is -2.52. The van der Waals surface area contributed by atoms with Gasteiger partial charge in [0.05, 0.1) is 6.61 Å². The van der Waals surface area contributed by atoms with Gasteiger partial charge in [0.1, 0.15) is 17.6 Å². The van der Waals surface area contributed by atoms with E-state index >= 15 is 0 Å². The van der Waals surface area contributed by atoms with Crippen LogP contribution >= 0.6 is 0 Å². The summed E-state index contributed by atoms with van der Waals surface area (Å²) in [7, 11) is 0. The summed E-state index contributed by atoms with van der Waals surface area (Å²) in [6, 6.07) is 13.1. The van der Waals surface area contributed by atoms with Crippen molar-refractivity contribution in [1.82, 2.24) is 10.2 Å². The quantitative estimate of drug-likeness (QED) is 0.593. The fourth-order valence-corrected chi connectivity index (χ4v) is 3.03. The Labute approximate surface area is 184 Å². The average molecular weight is 429 g/mol. The van der Waals surface area contributed by atoms with Crippen molar-refractivity contribution in [3.8, 4) is 5.75 Å². The molecule has 168 valence electrons. The van der Waals surface area contributed by atoms with E-state index in [0.29, 0.717) is 13.0 Å². The minimum atomic E-state index is -0.658. The molecule has 0 unspecified atom stereocenters. The van der Waals surface area contributed by atoms with Gasteiger partial charge in [-0.15, -0.1) is 0 Å². The molecule has 1 N–H and O–H groups in total. The van der Waals surface area contributed by atoms with Gasteiger partial charge in [0.2, 0.25) is 11.8 Å². The van der Waals surface area contributed by atoms with E-state index in [4.69, 9.17) is 4.74 Å². The Hall–Kier alpha value is -2.89. The van der Waals surface area contributed by atoms with Crippen LogP contribution in [0.5, 0.6) is 5.75 Å². The maximum atomic E-state index is 13.3. The second-order valence-electron chi connectivity index (χ2n) is 8.83. The SMILES string of the molecule is Cc1ccc(OCCCC(=O)N(Cc2ccc(F)cc2)[C@H](C)C(=O)NC(C)(C)C)cc1. The Kier molecular flexibility index (Phi) is 8.60. The van der Waals surface area contributed by atoms with Crippen molar-refractivity contribution in [1.29, 1.82) is 0 Å². The van der Waals surface area contributed by atoms with E-state index in [-0.39, 0.29) is 30.6 Å². The number of carbonyl (C=O) groups excluding carboxylic acids is 2. The minimum absolute atomic E-state index is 0.145. The summed E-state index contributed by atoms with van der Waals surface area (Å²) in [5.41, 5.74) is 1.51. The Morgan fingerprint density at radius 3 is 2.26 bits per heavy atom. The number of benzene rings is 2. The van der Waals surface area contributed by atoms with E-state index in [2.05, 4.69) is 5.32 Å². The zero-order valence-corrected chi connectivity index (χ0v) is 19.1. The van der Waals surface area contributed by atoms with Crippen molar-refractivity contribution < 1.29 is 18.7 Å². The van der Waals surface area contributed by atoms with E-state index in [9.17, 15) is 14.0 Å². The maximum absolute atomic E-state index is 13.3. The van der Waals surface area contributed by atoms with Gasteiger partial charge in [-0.3, -0.25) is 9.59 Å². The van der Waals surface area contributed by atoms with Crippen molar-refractivity contribution in [3.05, 3.63) is 65.5 Å². The molecule has 5 nitrogen and oxygen atoms in total. The predicted molar refractivity (Wildman–Crippen MR) is 120 cm³/mol. The molecule has 2 aromatic carbocycles. The van der Waals surface area contributed by atoms with E-state index in [1.54, 1.807) is 24.0 Å². The number of rotatable bonds is 9. The fourth-order valence-electron chi connectivity index (χ4n) is 3.03. The summed E-state index contributed by atoms with van der Waals surface area (Å²) in [5.74, 6) is 0.0554. The highest BCUT2D eigenvalue weighted by Gasteiger charge is 2.28. The van der Waals surface area contributed by atoms with Gasteiger partial charge in [-0.25, -0.2) is 4.39 Å². The molecule has 0 spiro atoms. The zero-order chi connectivity index (χ0) is 23.0. The number of amides is 2. The molecule has 2 rings (SSSR count). The van der Waals surface area contributed by atoms with Gasteiger partial charge in [-0.1, -0.05) is 29.8 Å². The van der Waals surface area contributed by atoms with E-state index < -0.39 is 11.6 Å². The van der Waals surface area contributed by atoms with Crippen LogP contribution in [0, 0.1) is 12.7 Å². The van der Waals surface area contributed by atoms with Crippen molar-refractivity contribution in [2.45, 2.75) is 65.6 Å². The minimum Gasteiger partial charge on any atom is -0.494 e. The van der Waals surface area contributed by atoms with Crippen LogP contribution in [0.15, 0.2) is 48.5 Å². The number of nitrogens with zero attached hydrogens (tertiary/aromatic N) is 1. The van der Waals surface area contributed by atoms with Crippen molar-refractivity contribution >= 4 is 11.8 Å². The van der Waals surface area contributed by atoms with Crippen LogP contribution in [0.4, 0.5) is 4.39 Å². The summed E-state index contributed by atoms with van der Waals surface area (Å²) in [6.07, 6.45) is 0.778. The van der Waals surface area contributed by atoms with Crippen LogP contribution < -0.4 is 10.1 Å². The molecule has 6 heteroatoms. The number of aryl methyl sites for hydroxylation is 1. The van der Waals surface area contributed by atoms with Crippen LogP contribution in [-0.4, -0.2) is 34.9 Å². The van der Waals surface area contributed by atoms with E-state index in [1.807, 2.05) is 52.0 Å². The second-order valence-corrected chi connectivity index (χ2v) is 8.83. The van der Waals surface area contributed by atoms with Crippen molar-refractivity contribution in [2.75, 3.05) is 6.61 Å². The van der Waals surface area contributed by atoms with Gasteiger partial charge in [-0.2, -0.15) is 0 Å². The molecule has 31 heavy (non-hydrogen) atoms. The normalized spacial score (nSPS) is 12.2. The molecule has 0 saturated carbocycles. The Morgan fingerprint density at radius 2 is 1.68 bits per heavy atom. The van der Waals surface area contributed by atoms with Gasteiger partial charge >= 0.3 is 0 Å². The molecule has 0 aromatic heterocycles. The van der Waals surface area contributed by atoms with Gasteiger partial charge in [-0.05, 0) is 70.9 Å². The average Bonchev–Trinajstić information content (AvgIpc) is 2.70. The molecular weight excluding hydrogens is 395 g/mol. The molecule has 0 heterocycles. The molecule has 0 aliphatic heterocycles. The molecule has 0 aliphatic rings. The number of halogens is 1. The van der Waals surface area contributed by atoms with Crippen molar-refractivity contribution in [3.63, 3.8) is 0 Å². The topological polar surface area (TPSA) is 58.6 Å². The van der Waals surface area contributed by atoms with E-state index in [1.165, 1.54) is 12.1 Å². The molecule has 2 amide bonds. The number of ether oxygens (including phenoxy) is 1. The molecular formula is C25H33FN2O3. The smallest absolute Gasteiger partial charge is 0.242 e. The first-order chi connectivity index (χ1) is 14.5. The lowest BCUT2D eigenvalue weighted by Gasteiger charge is -2.31. The second kappa shape index (κ2) is 10.9. The molecule has 0 saturated heterocycles. The van der Waals surface area contributed by atoms with Crippen molar-refractivity contribution in [2.24, 2.45) is 0 Å². The molecule has 0 fully saturated rings. The molecule has 0 bridgehead atoms. The Morgan fingerprint density at radius 1 is 1.06 bits per heavy atom. The summed E-state index contributed by atoms with van der Waals surface area (Å²) < 4.78 is 19.0. The summed E-state index contributed by atoms with van der Waals surface area (Å²) in [6.45, 7) is 10.0. The Balaban J connectivity index is 2.01. The van der Waals surface area contributed by atoms with Gasteiger partial charge in [0.15, 0.2) is 0 Å². The summed E-state index contributed by atoms with van der Waals surface area (Å²) in [5, 5.41) is 2.92. The summed E-state index contributed by atoms with van der Waals surface area (Å²) >= 11 is 0. The number of hydrogen-bond donors (Lipinski definition) is 1. The highest BCUT2D eigenvalue weighted by atomic mass is 19.1. The van der Waals surface area contributed by atoms with Gasteiger partial charge < -0.3 is 15.0 Å². The molecule has 0 aliphatic carbocycles. The highest BCUT2D eigenvalue weighted by Crippen LogP contribution is 2.15. The first-order valence-electron chi connectivity index (χ1n) is 10.6. The Bertz CT molecular complexity index is 858. The maximum Gasteiger partial charge on any atom is 0.242 e. The lowest BCUT2D eigenvalue weighted by molar-refractivity contribution is -0.141. The third kappa shape index (κ3) is 8.40. The number of carbonyl (C=O) groups is 2. The lowest BCUT2D eigenvalue weighted by atomic mass is 10.1. The van der Waals surface area contributed by atoms with Crippen LogP contribution in [-0.2, 0) is 16.1 Å². The fraction of sp³-hybridized carbons (Fsp3) is 0.440. The number of nitrogens with one attached hydrogen (secondary N) is 1. The summed E-state index contributed by atoms with van der Waals surface area (Å²) in [4.78, 5) is 27.2. The van der Waals surface area contributed by atoms with Crippen LogP contribution in [0.1, 0.15) is 51.7 Å². The molecule has 1 atom stereocenters. The predicted octanol–water partition coefficient (Wildman–Crippen LogP) is 4.63. The van der Waals surface area contributed by atoms with Crippen LogP contribution in [0.25, 0.3) is 0 Å². The van der Waals surface area contributed by atoms with Crippen LogP contribution in [0.2, 0.25) is 0 Å². The molecule has 0 radical (unpaired) electrons. The third-order valence-electron chi connectivity index (χ3n) is 4.76. The van der Waals surface area contributed by atoms with Gasteiger partial charge in [0.25, 0.3) is 0 Å². The van der Waals surface area contributed by atoms with E-state index in [0.717, 1.165) is 16.9 Å². The number of hydrogen-bond acceptors (Lipinski definition) is 3. The molecule has 2 aromatic rings. The first kappa shape index (κ1) is 24.4. The van der Waals surface area contributed by atoms with Crippen LogP contribution in [0.3, 0.4) is 0 Å². The van der Waals surface area contributed by atoms with Gasteiger partial charge in [0, 0.05) is 18.5 Å². The third-order valence-corrected chi connectivity index (χ3v) is 4.76.